The summed E-state index contributed by atoms with van der Waals surface area (Å²) in [4.78, 5) is 28.0. The molecule has 3 aromatic carbocycles. The summed E-state index contributed by atoms with van der Waals surface area (Å²) in [5.41, 5.74) is -0.451. The van der Waals surface area contributed by atoms with Crippen LogP contribution in [0.4, 0.5) is 10.1 Å². The number of benzene rings is 3. The van der Waals surface area contributed by atoms with Gasteiger partial charge in [0.2, 0.25) is 11.8 Å². The van der Waals surface area contributed by atoms with Crippen LogP contribution in [-0.4, -0.2) is 43.3 Å². The van der Waals surface area contributed by atoms with Gasteiger partial charge in [-0.1, -0.05) is 59.6 Å². The average Bonchev–Trinajstić information content (AvgIpc) is 2.87. The molecule has 0 radical (unpaired) electrons. The van der Waals surface area contributed by atoms with Crippen molar-refractivity contribution in [3.05, 3.63) is 94.2 Å². The molecule has 0 fully saturated rings. The highest BCUT2D eigenvalue weighted by Crippen LogP contribution is 2.33. The molecule has 3 aromatic rings. The van der Waals surface area contributed by atoms with Crippen molar-refractivity contribution in [1.82, 2.24) is 10.2 Å². The molecule has 0 aliphatic carbocycles. The minimum atomic E-state index is -4.31. The van der Waals surface area contributed by atoms with Gasteiger partial charge < -0.3 is 10.2 Å². The number of carbonyl (C=O) groups is 2. The maximum atomic E-state index is 14.6. The number of halogens is 3. The lowest BCUT2D eigenvalue weighted by atomic mass is 10.1. The van der Waals surface area contributed by atoms with Gasteiger partial charge in [0, 0.05) is 22.7 Å². The summed E-state index contributed by atoms with van der Waals surface area (Å²) in [6, 6.07) is 16.6. The van der Waals surface area contributed by atoms with Gasteiger partial charge in [-0.25, -0.2) is 12.8 Å². The first kappa shape index (κ1) is 30.4. The zero-order valence-electron chi connectivity index (χ0n) is 22.0. The molecule has 3 rings (SSSR count). The Morgan fingerprint density at radius 1 is 0.974 bits per heavy atom. The number of anilines is 1. The standard InChI is InChI=1S/C28H30Cl2FN3O4S/c1-19(27(36)32-28(2,3)4)33(17-20-10-8-9-13-24(20)31)26(35)18-34(25-16-21(29)14-15-23(25)30)39(37,38)22-11-6-5-7-12-22/h5-16,19H,17-18H2,1-4H3,(H,32,36)/t19-/m1/s1. The minimum Gasteiger partial charge on any atom is -0.350 e. The second kappa shape index (κ2) is 12.4. The molecular formula is C28H30Cl2FN3O4S. The quantitative estimate of drug-likeness (QED) is 0.347. The molecule has 1 N–H and O–H groups in total. The van der Waals surface area contributed by atoms with E-state index < -0.39 is 45.8 Å². The minimum absolute atomic E-state index is 0.0148. The monoisotopic (exact) mass is 593 g/mol. The van der Waals surface area contributed by atoms with Crippen molar-refractivity contribution in [3.8, 4) is 0 Å². The Kier molecular flexibility index (Phi) is 9.64. The van der Waals surface area contributed by atoms with Gasteiger partial charge in [0.25, 0.3) is 10.0 Å². The Labute approximate surface area is 238 Å². The van der Waals surface area contributed by atoms with Crippen molar-refractivity contribution < 1.29 is 22.4 Å². The van der Waals surface area contributed by atoms with E-state index in [4.69, 9.17) is 23.2 Å². The molecule has 1 atom stereocenters. The van der Waals surface area contributed by atoms with E-state index in [2.05, 4.69) is 5.32 Å². The molecule has 208 valence electrons. The molecule has 7 nitrogen and oxygen atoms in total. The fourth-order valence-electron chi connectivity index (χ4n) is 3.78. The van der Waals surface area contributed by atoms with Crippen molar-refractivity contribution in [1.29, 1.82) is 0 Å². The molecule has 0 saturated carbocycles. The first-order valence-electron chi connectivity index (χ1n) is 12.1. The zero-order valence-corrected chi connectivity index (χ0v) is 24.3. The summed E-state index contributed by atoms with van der Waals surface area (Å²) in [5, 5.41) is 3.07. The fraction of sp³-hybridized carbons (Fsp3) is 0.286. The van der Waals surface area contributed by atoms with Gasteiger partial charge in [0.15, 0.2) is 0 Å². The molecule has 0 heterocycles. The number of rotatable bonds is 9. The molecule has 2 amide bonds. The topological polar surface area (TPSA) is 86.8 Å². The highest BCUT2D eigenvalue weighted by molar-refractivity contribution is 7.92. The predicted molar refractivity (Wildman–Crippen MR) is 152 cm³/mol. The lowest BCUT2D eigenvalue weighted by Crippen LogP contribution is -2.54. The normalized spacial score (nSPS) is 12.5. The molecule has 0 spiro atoms. The Bertz CT molecular complexity index is 1450. The smallest absolute Gasteiger partial charge is 0.264 e. The molecule has 0 unspecified atom stereocenters. The number of carbonyl (C=O) groups excluding carboxylic acids is 2. The van der Waals surface area contributed by atoms with Gasteiger partial charge >= 0.3 is 0 Å². The van der Waals surface area contributed by atoms with Gasteiger partial charge in [0.1, 0.15) is 18.4 Å². The van der Waals surface area contributed by atoms with Crippen LogP contribution in [0, 0.1) is 5.82 Å². The molecule has 39 heavy (non-hydrogen) atoms. The Hall–Kier alpha value is -3.14. The lowest BCUT2D eigenvalue weighted by molar-refractivity contribution is -0.140. The van der Waals surface area contributed by atoms with Gasteiger partial charge in [-0.15, -0.1) is 0 Å². The third kappa shape index (κ3) is 7.71. The van der Waals surface area contributed by atoms with E-state index in [1.54, 1.807) is 45.0 Å². The fourth-order valence-corrected chi connectivity index (χ4v) is 5.66. The third-order valence-corrected chi connectivity index (χ3v) is 8.08. The molecular weight excluding hydrogens is 564 g/mol. The van der Waals surface area contributed by atoms with E-state index in [1.165, 1.54) is 55.5 Å². The largest absolute Gasteiger partial charge is 0.350 e. The number of nitrogens with zero attached hydrogens (tertiary/aromatic N) is 2. The number of hydrogen-bond acceptors (Lipinski definition) is 4. The third-order valence-electron chi connectivity index (χ3n) is 5.75. The molecule has 0 saturated heterocycles. The Balaban J connectivity index is 2.08. The number of hydrogen-bond donors (Lipinski definition) is 1. The SMILES string of the molecule is C[C@H](C(=O)NC(C)(C)C)N(Cc1ccccc1F)C(=O)CN(c1cc(Cl)ccc1Cl)S(=O)(=O)c1ccccc1. The van der Waals surface area contributed by atoms with E-state index in [-0.39, 0.29) is 32.7 Å². The van der Waals surface area contributed by atoms with E-state index in [0.717, 1.165) is 9.21 Å². The molecule has 0 aliphatic rings. The summed E-state index contributed by atoms with van der Waals surface area (Å²) in [6.45, 7) is 5.87. The Morgan fingerprint density at radius 3 is 2.21 bits per heavy atom. The van der Waals surface area contributed by atoms with Gasteiger partial charge in [-0.05, 0) is 64.1 Å². The van der Waals surface area contributed by atoms with E-state index >= 15 is 0 Å². The van der Waals surface area contributed by atoms with E-state index in [1.807, 2.05) is 0 Å². The first-order chi connectivity index (χ1) is 18.2. The molecule has 0 aromatic heterocycles. The van der Waals surface area contributed by atoms with Crippen LogP contribution in [0.1, 0.15) is 33.3 Å². The van der Waals surface area contributed by atoms with Crippen LogP contribution in [-0.2, 0) is 26.2 Å². The highest BCUT2D eigenvalue weighted by atomic mass is 35.5. The summed E-state index contributed by atoms with van der Waals surface area (Å²) >= 11 is 12.5. The molecule has 0 aliphatic heterocycles. The maximum Gasteiger partial charge on any atom is 0.264 e. The van der Waals surface area contributed by atoms with Crippen LogP contribution >= 0.6 is 23.2 Å². The Morgan fingerprint density at radius 2 is 1.59 bits per heavy atom. The van der Waals surface area contributed by atoms with Crippen molar-refractivity contribution in [2.75, 3.05) is 10.8 Å². The van der Waals surface area contributed by atoms with Gasteiger partial charge in [-0.2, -0.15) is 0 Å². The second-order valence-electron chi connectivity index (χ2n) is 9.95. The van der Waals surface area contributed by atoms with E-state index in [0.29, 0.717) is 0 Å². The average molecular weight is 595 g/mol. The molecule has 11 heteroatoms. The van der Waals surface area contributed by atoms with E-state index in [9.17, 15) is 22.4 Å². The summed E-state index contributed by atoms with van der Waals surface area (Å²) in [7, 11) is -4.31. The van der Waals surface area contributed by atoms with Crippen LogP contribution < -0.4 is 9.62 Å². The first-order valence-corrected chi connectivity index (χ1v) is 14.3. The zero-order chi connectivity index (χ0) is 29.0. The van der Waals surface area contributed by atoms with Crippen LogP contribution in [0.2, 0.25) is 10.0 Å². The van der Waals surface area contributed by atoms with Crippen LogP contribution in [0.25, 0.3) is 0 Å². The van der Waals surface area contributed by atoms with Gasteiger partial charge in [-0.3, -0.25) is 13.9 Å². The van der Waals surface area contributed by atoms with Crippen molar-refractivity contribution >= 4 is 50.7 Å². The summed E-state index contributed by atoms with van der Waals surface area (Å²) in [6.07, 6.45) is 0. The van der Waals surface area contributed by atoms with Crippen molar-refractivity contribution in [2.45, 2.75) is 50.7 Å². The maximum absolute atomic E-state index is 14.6. The number of sulfonamides is 1. The number of amides is 2. The highest BCUT2D eigenvalue weighted by Gasteiger charge is 2.34. The second-order valence-corrected chi connectivity index (χ2v) is 12.7. The van der Waals surface area contributed by atoms with Crippen LogP contribution in [0.3, 0.4) is 0 Å². The van der Waals surface area contributed by atoms with Crippen molar-refractivity contribution in [2.24, 2.45) is 0 Å². The number of nitrogens with one attached hydrogen (secondary N) is 1. The molecule has 0 bridgehead atoms. The summed E-state index contributed by atoms with van der Waals surface area (Å²) < 4.78 is 43.0. The van der Waals surface area contributed by atoms with Crippen molar-refractivity contribution in [3.63, 3.8) is 0 Å². The summed E-state index contributed by atoms with van der Waals surface area (Å²) in [5.74, 6) is -1.79. The van der Waals surface area contributed by atoms with Gasteiger partial charge in [0.05, 0.1) is 15.6 Å². The lowest BCUT2D eigenvalue weighted by Gasteiger charge is -2.33. The van der Waals surface area contributed by atoms with Crippen LogP contribution in [0.15, 0.2) is 77.7 Å². The predicted octanol–water partition coefficient (Wildman–Crippen LogP) is 5.66. The van der Waals surface area contributed by atoms with Crippen LogP contribution in [0.5, 0.6) is 0 Å².